The lowest BCUT2D eigenvalue weighted by Gasteiger charge is -2.27. The van der Waals surface area contributed by atoms with Gasteiger partial charge in [0.05, 0.1) is 6.61 Å². The van der Waals surface area contributed by atoms with Gasteiger partial charge in [-0.05, 0) is 13.8 Å². The molecule has 0 spiro atoms. The molecule has 0 aromatic heterocycles. The fraction of sp³-hybridized carbons (Fsp3) is 0.889. The standard InChI is InChI=1S/C9H16O8/c1-8(2)16-6(5(12)4(11)3-10)9(15,17-8)7(13)14/h4-6,10-12,15H,3H2,1-2H3,(H,13,14)/t4-,5+,6-,9-/m0/s1. The summed E-state index contributed by atoms with van der Waals surface area (Å²) >= 11 is 0. The molecule has 8 nitrogen and oxygen atoms in total. The van der Waals surface area contributed by atoms with Crippen LogP contribution in [0.3, 0.4) is 0 Å². The van der Waals surface area contributed by atoms with Gasteiger partial charge in [0.15, 0.2) is 11.9 Å². The van der Waals surface area contributed by atoms with Crippen molar-refractivity contribution in [2.24, 2.45) is 0 Å². The van der Waals surface area contributed by atoms with E-state index in [0.717, 1.165) is 0 Å². The number of carboxylic acids is 1. The number of carboxylic acid groups (broad SMARTS) is 1. The second-order valence-electron chi connectivity index (χ2n) is 4.28. The molecule has 0 aromatic rings. The highest BCUT2D eigenvalue weighted by molar-refractivity contribution is 5.76. The Balaban J connectivity index is 3.00. The van der Waals surface area contributed by atoms with Crippen LogP contribution in [-0.4, -0.2) is 68.0 Å². The molecule has 0 unspecified atom stereocenters. The van der Waals surface area contributed by atoms with Crippen LogP contribution in [0.2, 0.25) is 0 Å². The molecule has 17 heavy (non-hydrogen) atoms. The first-order valence-corrected chi connectivity index (χ1v) is 4.95. The van der Waals surface area contributed by atoms with Crippen LogP contribution < -0.4 is 0 Å². The molecule has 4 atom stereocenters. The topological polar surface area (TPSA) is 137 Å². The van der Waals surface area contributed by atoms with Gasteiger partial charge in [0, 0.05) is 0 Å². The van der Waals surface area contributed by atoms with Crippen LogP contribution in [0.5, 0.6) is 0 Å². The predicted octanol–water partition coefficient (Wildman–Crippen LogP) is -2.37. The van der Waals surface area contributed by atoms with Gasteiger partial charge in [0.25, 0.3) is 5.79 Å². The lowest BCUT2D eigenvalue weighted by molar-refractivity contribution is -0.242. The van der Waals surface area contributed by atoms with E-state index in [4.69, 9.17) is 19.7 Å². The van der Waals surface area contributed by atoms with Crippen molar-refractivity contribution >= 4 is 5.97 Å². The predicted molar refractivity (Wildman–Crippen MR) is 51.7 cm³/mol. The largest absolute Gasteiger partial charge is 0.477 e. The Hall–Kier alpha value is -0.770. The van der Waals surface area contributed by atoms with E-state index >= 15 is 0 Å². The zero-order valence-corrected chi connectivity index (χ0v) is 9.40. The van der Waals surface area contributed by atoms with Crippen LogP contribution in [0.15, 0.2) is 0 Å². The Labute approximate surface area is 97.0 Å². The monoisotopic (exact) mass is 252 g/mol. The average Bonchev–Trinajstić information content (AvgIpc) is 2.47. The SMILES string of the molecule is CC1(C)O[C@@H]([C@H](O)[C@@H](O)CO)[C@@](O)(C(=O)O)O1. The zero-order valence-electron chi connectivity index (χ0n) is 9.40. The highest BCUT2D eigenvalue weighted by Crippen LogP contribution is 2.37. The first kappa shape index (κ1) is 14.3. The molecule has 100 valence electrons. The Morgan fingerprint density at radius 1 is 1.41 bits per heavy atom. The zero-order chi connectivity index (χ0) is 13.4. The molecule has 1 heterocycles. The van der Waals surface area contributed by atoms with Crippen molar-refractivity contribution in [3.05, 3.63) is 0 Å². The third-order valence-electron chi connectivity index (χ3n) is 2.40. The van der Waals surface area contributed by atoms with Crippen molar-refractivity contribution in [1.82, 2.24) is 0 Å². The van der Waals surface area contributed by atoms with E-state index < -0.39 is 42.5 Å². The number of aliphatic hydroxyl groups excluding tert-OH is 3. The third kappa shape index (κ3) is 2.57. The minimum absolute atomic E-state index is 0.808. The molecule has 1 saturated heterocycles. The first-order chi connectivity index (χ1) is 7.64. The van der Waals surface area contributed by atoms with Crippen LogP contribution >= 0.6 is 0 Å². The van der Waals surface area contributed by atoms with Gasteiger partial charge in [-0.3, -0.25) is 0 Å². The quantitative estimate of drug-likeness (QED) is 0.374. The molecule has 5 N–H and O–H groups in total. The summed E-state index contributed by atoms with van der Waals surface area (Å²) in [4.78, 5) is 10.9. The van der Waals surface area contributed by atoms with E-state index in [1.165, 1.54) is 13.8 Å². The third-order valence-corrected chi connectivity index (χ3v) is 2.40. The first-order valence-electron chi connectivity index (χ1n) is 4.95. The molecular formula is C9H16O8. The van der Waals surface area contributed by atoms with Gasteiger partial charge in [0.2, 0.25) is 0 Å². The summed E-state index contributed by atoms with van der Waals surface area (Å²) in [6, 6.07) is 0. The van der Waals surface area contributed by atoms with Gasteiger partial charge in [-0.1, -0.05) is 0 Å². The molecule has 0 radical (unpaired) electrons. The van der Waals surface area contributed by atoms with Gasteiger partial charge in [-0.25, -0.2) is 4.79 Å². The Morgan fingerprint density at radius 2 is 1.94 bits per heavy atom. The van der Waals surface area contributed by atoms with E-state index in [9.17, 15) is 20.1 Å². The summed E-state index contributed by atoms with van der Waals surface area (Å²) in [7, 11) is 0. The minimum Gasteiger partial charge on any atom is -0.477 e. The number of aliphatic carboxylic acids is 1. The Bertz CT molecular complexity index is 303. The van der Waals surface area contributed by atoms with Crippen LogP contribution in [0, 0.1) is 0 Å². The normalized spacial score (nSPS) is 35.5. The number of hydrogen-bond donors (Lipinski definition) is 5. The lowest BCUT2D eigenvalue weighted by atomic mass is 10.0. The van der Waals surface area contributed by atoms with Crippen molar-refractivity contribution in [1.29, 1.82) is 0 Å². The summed E-state index contributed by atoms with van der Waals surface area (Å²) in [5.41, 5.74) is 0. The van der Waals surface area contributed by atoms with Crippen molar-refractivity contribution < 1.29 is 39.8 Å². The molecule has 1 aliphatic rings. The Morgan fingerprint density at radius 3 is 2.35 bits per heavy atom. The molecule has 8 heteroatoms. The Kier molecular flexibility index (Phi) is 3.77. The van der Waals surface area contributed by atoms with Gasteiger partial charge in [0.1, 0.15) is 12.2 Å². The highest BCUT2D eigenvalue weighted by atomic mass is 16.8. The number of carbonyl (C=O) groups is 1. The van der Waals surface area contributed by atoms with Crippen LogP contribution in [0.1, 0.15) is 13.8 Å². The molecule has 1 fully saturated rings. The second kappa shape index (κ2) is 4.48. The fourth-order valence-electron chi connectivity index (χ4n) is 1.62. The fourth-order valence-corrected chi connectivity index (χ4v) is 1.62. The van der Waals surface area contributed by atoms with Crippen molar-refractivity contribution in [3.8, 4) is 0 Å². The summed E-state index contributed by atoms with van der Waals surface area (Å²) in [6.45, 7) is 1.88. The maximum absolute atomic E-state index is 10.9. The lowest BCUT2D eigenvalue weighted by Crippen LogP contribution is -2.56. The molecular weight excluding hydrogens is 236 g/mol. The van der Waals surface area contributed by atoms with Crippen LogP contribution in [-0.2, 0) is 14.3 Å². The number of hydrogen-bond acceptors (Lipinski definition) is 7. The van der Waals surface area contributed by atoms with Gasteiger partial charge >= 0.3 is 5.97 Å². The van der Waals surface area contributed by atoms with Crippen LogP contribution in [0.4, 0.5) is 0 Å². The maximum atomic E-state index is 10.9. The molecule has 1 rings (SSSR count). The molecule has 0 aliphatic carbocycles. The molecule has 0 amide bonds. The summed E-state index contributed by atoms with van der Waals surface area (Å²) in [5, 5.41) is 46.1. The van der Waals surface area contributed by atoms with E-state index in [0.29, 0.717) is 0 Å². The molecule has 0 aromatic carbocycles. The van der Waals surface area contributed by atoms with Gasteiger partial charge in [-0.2, -0.15) is 0 Å². The highest BCUT2D eigenvalue weighted by Gasteiger charge is 2.61. The molecule has 1 aliphatic heterocycles. The number of ether oxygens (including phenoxy) is 2. The van der Waals surface area contributed by atoms with Crippen molar-refractivity contribution in [2.75, 3.05) is 6.61 Å². The van der Waals surface area contributed by atoms with Crippen LogP contribution in [0.25, 0.3) is 0 Å². The average molecular weight is 252 g/mol. The number of aliphatic hydroxyl groups is 4. The molecule has 0 saturated carbocycles. The van der Waals surface area contributed by atoms with Gasteiger partial charge < -0.3 is 35.0 Å². The van der Waals surface area contributed by atoms with Gasteiger partial charge in [-0.15, -0.1) is 0 Å². The maximum Gasteiger partial charge on any atom is 0.367 e. The van der Waals surface area contributed by atoms with E-state index in [-0.39, 0.29) is 0 Å². The summed E-state index contributed by atoms with van der Waals surface area (Å²) in [5.74, 6) is -5.97. The molecule has 0 bridgehead atoms. The van der Waals surface area contributed by atoms with E-state index in [1.54, 1.807) is 0 Å². The number of rotatable bonds is 4. The van der Waals surface area contributed by atoms with Crippen molar-refractivity contribution in [2.45, 2.75) is 43.7 Å². The summed E-state index contributed by atoms with van der Waals surface area (Å²) < 4.78 is 9.84. The summed E-state index contributed by atoms with van der Waals surface area (Å²) in [6.07, 6.45) is -5.16. The minimum atomic E-state index is -2.78. The van der Waals surface area contributed by atoms with E-state index in [1.807, 2.05) is 0 Å². The van der Waals surface area contributed by atoms with E-state index in [2.05, 4.69) is 0 Å². The second-order valence-corrected chi connectivity index (χ2v) is 4.28. The smallest absolute Gasteiger partial charge is 0.367 e. The van der Waals surface area contributed by atoms with Crippen molar-refractivity contribution in [3.63, 3.8) is 0 Å².